The van der Waals surface area contributed by atoms with Crippen LogP contribution in [-0.2, 0) is 4.79 Å². The number of hydrogen-bond donors (Lipinski definition) is 2. The van der Waals surface area contributed by atoms with Crippen molar-refractivity contribution in [2.45, 2.75) is 19.9 Å². The first-order chi connectivity index (χ1) is 8.43. The van der Waals surface area contributed by atoms with E-state index >= 15 is 0 Å². The first-order valence-electron chi connectivity index (χ1n) is 5.35. The van der Waals surface area contributed by atoms with E-state index in [1.807, 2.05) is 42.5 Å². The molecule has 0 radical (unpaired) electrons. The Kier molecular flexibility index (Phi) is 5.16. The normalized spacial score (nSPS) is 11.2. The third-order valence-electron chi connectivity index (χ3n) is 2.07. The van der Waals surface area contributed by atoms with Crippen LogP contribution < -0.4 is 5.32 Å². The first kappa shape index (κ1) is 14.5. The standard InChI is InChI=1S/C13H13IN2O2/c1-8(2)16-13(18)10(7-15)5-9-3-4-12(17)11(14)6-9/h3-6,8,17H,1-2H3,(H,16,18)/b10-5-. The maximum Gasteiger partial charge on any atom is 0.262 e. The molecule has 0 saturated carbocycles. The average Bonchev–Trinajstić information content (AvgIpc) is 2.29. The number of phenols is 1. The lowest BCUT2D eigenvalue weighted by atomic mass is 10.1. The molecule has 0 unspecified atom stereocenters. The highest BCUT2D eigenvalue weighted by molar-refractivity contribution is 14.1. The van der Waals surface area contributed by atoms with Gasteiger partial charge in [-0.2, -0.15) is 5.26 Å². The van der Waals surface area contributed by atoms with Gasteiger partial charge < -0.3 is 10.4 Å². The van der Waals surface area contributed by atoms with Crippen LogP contribution >= 0.6 is 22.6 Å². The van der Waals surface area contributed by atoms with Crippen molar-refractivity contribution in [2.24, 2.45) is 0 Å². The van der Waals surface area contributed by atoms with Gasteiger partial charge in [0.15, 0.2) is 0 Å². The number of nitriles is 1. The molecule has 0 saturated heterocycles. The molecule has 1 aromatic carbocycles. The molecule has 18 heavy (non-hydrogen) atoms. The summed E-state index contributed by atoms with van der Waals surface area (Å²) in [5.74, 6) is -0.214. The van der Waals surface area contributed by atoms with Gasteiger partial charge in [-0.3, -0.25) is 4.79 Å². The Bertz CT molecular complexity index is 530. The SMILES string of the molecule is CC(C)NC(=O)/C(C#N)=C\c1ccc(O)c(I)c1. The van der Waals surface area contributed by atoms with E-state index in [1.165, 1.54) is 12.1 Å². The van der Waals surface area contributed by atoms with Gasteiger partial charge in [0.1, 0.15) is 17.4 Å². The molecule has 5 heteroatoms. The minimum absolute atomic E-state index is 0.0193. The summed E-state index contributed by atoms with van der Waals surface area (Å²) in [7, 11) is 0. The Balaban J connectivity index is 3.01. The van der Waals surface area contributed by atoms with E-state index in [1.54, 1.807) is 12.1 Å². The van der Waals surface area contributed by atoms with Crippen LogP contribution in [0.5, 0.6) is 5.75 Å². The molecule has 0 fully saturated rings. The number of nitrogens with zero attached hydrogens (tertiary/aromatic N) is 1. The Labute approximate surface area is 119 Å². The fraction of sp³-hybridized carbons (Fsp3) is 0.231. The van der Waals surface area contributed by atoms with Crippen molar-refractivity contribution >= 4 is 34.6 Å². The summed E-state index contributed by atoms with van der Waals surface area (Å²) in [4.78, 5) is 11.7. The maximum atomic E-state index is 11.7. The molecule has 0 aliphatic heterocycles. The van der Waals surface area contributed by atoms with Gasteiger partial charge in [-0.15, -0.1) is 0 Å². The number of hydrogen-bond acceptors (Lipinski definition) is 3. The summed E-state index contributed by atoms with van der Waals surface area (Å²) in [6, 6.07) is 6.74. The number of nitrogens with one attached hydrogen (secondary N) is 1. The molecule has 0 aromatic heterocycles. The topological polar surface area (TPSA) is 73.1 Å². The van der Waals surface area contributed by atoms with Crippen LogP contribution in [0.2, 0.25) is 0 Å². The zero-order valence-electron chi connectivity index (χ0n) is 10.1. The molecular formula is C13H13IN2O2. The molecule has 0 heterocycles. The Morgan fingerprint density at radius 2 is 2.22 bits per heavy atom. The summed E-state index contributed by atoms with van der Waals surface area (Å²) >= 11 is 1.98. The van der Waals surface area contributed by atoms with Crippen LogP contribution in [-0.4, -0.2) is 17.1 Å². The van der Waals surface area contributed by atoms with Crippen molar-refractivity contribution in [3.8, 4) is 11.8 Å². The number of carbonyl (C=O) groups is 1. The van der Waals surface area contributed by atoms with E-state index in [2.05, 4.69) is 5.32 Å². The first-order valence-corrected chi connectivity index (χ1v) is 6.43. The Morgan fingerprint density at radius 1 is 1.56 bits per heavy atom. The molecule has 1 rings (SSSR count). The third-order valence-corrected chi connectivity index (χ3v) is 2.93. The maximum absolute atomic E-state index is 11.7. The lowest BCUT2D eigenvalue weighted by Crippen LogP contribution is -2.30. The minimum atomic E-state index is -0.393. The molecule has 94 valence electrons. The molecular weight excluding hydrogens is 343 g/mol. The largest absolute Gasteiger partial charge is 0.507 e. The van der Waals surface area contributed by atoms with E-state index in [-0.39, 0.29) is 17.4 Å². The number of phenolic OH excluding ortho intramolecular Hbond substituents is 1. The van der Waals surface area contributed by atoms with Crippen molar-refractivity contribution in [1.82, 2.24) is 5.32 Å². The van der Waals surface area contributed by atoms with E-state index in [4.69, 9.17) is 5.26 Å². The highest BCUT2D eigenvalue weighted by Crippen LogP contribution is 2.21. The average molecular weight is 356 g/mol. The van der Waals surface area contributed by atoms with E-state index in [0.717, 1.165) is 0 Å². The fourth-order valence-corrected chi connectivity index (χ4v) is 1.81. The zero-order valence-corrected chi connectivity index (χ0v) is 12.2. The second kappa shape index (κ2) is 6.40. The molecule has 1 aromatic rings. The van der Waals surface area contributed by atoms with E-state index in [9.17, 15) is 9.90 Å². The third kappa shape index (κ3) is 4.04. The monoisotopic (exact) mass is 356 g/mol. The summed E-state index contributed by atoms with van der Waals surface area (Å²) < 4.78 is 0.669. The summed E-state index contributed by atoms with van der Waals surface area (Å²) in [5, 5.41) is 21.0. The molecule has 1 amide bonds. The molecule has 2 N–H and O–H groups in total. The van der Waals surface area contributed by atoms with Gasteiger partial charge in [-0.05, 0) is 60.2 Å². The molecule has 0 atom stereocenters. The minimum Gasteiger partial charge on any atom is -0.507 e. The van der Waals surface area contributed by atoms with Gasteiger partial charge in [-0.1, -0.05) is 6.07 Å². The van der Waals surface area contributed by atoms with Crippen molar-refractivity contribution < 1.29 is 9.90 Å². The van der Waals surface area contributed by atoms with E-state index in [0.29, 0.717) is 9.13 Å². The molecule has 0 aliphatic rings. The molecule has 4 nitrogen and oxygen atoms in total. The van der Waals surface area contributed by atoms with Crippen LogP contribution in [0, 0.1) is 14.9 Å². The second-order valence-electron chi connectivity index (χ2n) is 4.01. The number of rotatable bonds is 3. The van der Waals surface area contributed by atoms with Crippen molar-refractivity contribution in [3.63, 3.8) is 0 Å². The highest BCUT2D eigenvalue weighted by atomic mass is 127. The zero-order chi connectivity index (χ0) is 13.7. The predicted octanol–water partition coefficient (Wildman–Crippen LogP) is 2.43. The number of benzene rings is 1. The molecule has 0 spiro atoms. The van der Waals surface area contributed by atoms with Crippen LogP contribution in [0.1, 0.15) is 19.4 Å². The number of aromatic hydroxyl groups is 1. The van der Waals surface area contributed by atoms with Crippen LogP contribution in [0.3, 0.4) is 0 Å². The van der Waals surface area contributed by atoms with Crippen LogP contribution in [0.15, 0.2) is 23.8 Å². The highest BCUT2D eigenvalue weighted by Gasteiger charge is 2.10. The predicted molar refractivity (Wildman–Crippen MR) is 77.7 cm³/mol. The summed E-state index contributed by atoms with van der Waals surface area (Å²) in [6.45, 7) is 3.66. The van der Waals surface area contributed by atoms with Crippen molar-refractivity contribution in [3.05, 3.63) is 32.9 Å². The van der Waals surface area contributed by atoms with Gasteiger partial charge in [0.25, 0.3) is 5.91 Å². The fourth-order valence-electron chi connectivity index (χ4n) is 1.27. The smallest absolute Gasteiger partial charge is 0.262 e. The number of halogens is 1. The van der Waals surface area contributed by atoms with Crippen molar-refractivity contribution in [2.75, 3.05) is 0 Å². The van der Waals surface area contributed by atoms with Crippen LogP contribution in [0.25, 0.3) is 6.08 Å². The van der Waals surface area contributed by atoms with Gasteiger partial charge in [-0.25, -0.2) is 0 Å². The van der Waals surface area contributed by atoms with E-state index < -0.39 is 5.91 Å². The van der Waals surface area contributed by atoms with Gasteiger partial charge in [0.2, 0.25) is 0 Å². The quantitative estimate of drug-likeness (QED) is 0.496. The molecule has 0 bridgehead atoms. The van der Waals surface area contributed by atoms with Gasteiger partial charge >= 0.3 is 0 Å². The lowest BCUT2D eigenvalue weighted by Gasteiger charge is -2.07. The second-order valence-corrected chi connectivity index (χ2v) is 5.17. The summed E-state index contributed by atoms with van der Waals surface area (Å²) in [5.41, 5.74) is 0.748. The summed E-state index contributed by atoms with van der Waals surface area (Å²) in [6.07, 6.45) is 1.50. The lowest BCUT2D eigenvalue weighted by molar-refractivity contribution is -0.117. The van der Waals surface area contributed by atoms with Crippen molar-refractivity contribution in [1.29, 1.82) is 5.26 Å². The number of amides is 1. The Morgan fingerprint density at radius 3 is 2.72 bits per heavy atom. The molecule has 0 aliphatic carbocycles. The van der Waals surface area contributed by atoms with Gasteiger partial charge in [0, 0.05) is 6.04 Å². The Hall–Kier alpha value is -1.55. The number of carbonyl (C=O) groups excluding carboxylic acids is 1. The van der Waals surface area contributed by atoms with Gasteiger partial charge in [0.05, 0.1) is 3.57 Å². The van der Waals surface area contributed by atoms with Crippen LogP contribution in [0.4, 0.5) is 0 Å².